The maximum Gasteiger partial charge on any atom is 0.251 e. The van der Waals surface area contributed by atoms with Gasteiger partial charge in [-0.25, -0.2) is 4.98 Å². The van der Waals surface area contributed by atoms with Crippen LogP contribution in [0.25, 0.3) is 0 Å². The summed E-state index contributed by atoms with van der Waals surface area (Å²) in [6, 6.07) is 7.67. The van der Waals surface area contributed by atoms with Crippen molar-refractivity contribution < 1.29 is 4.79 Å². The molecule has 2 aromatic rings. The summed E-state index contributed by atoms with van der Waals surface area (Å²) in [5, 5.41) is 4.70. The van der Waals surface area contributed by atoms with Crippen molar-refractivity contribution in [3.63, 3.8) is 0 Å². The molecule has 0 aliphatic carbocycles. The highest BCUT2D eigenvalue weighted by atomic mass is 32.2. The molecule has 1 heterocycles. The first-order valence-corrected chi connectivity index (χ1v) is 7.42. The fourth-order valence-corrected chi connectivity index (χ4v) is 3.39. The quantitative estimate of drug-likeness (QED) is 0.874. The SMILES string of the molecule is CNC(=O)c1ccccc1CSc1nc(C)cs1. The predicted octanol–water partition coefficient (Wildman–Crippen LogP) is 3.10. The van der Waals surface area contributed by atoms with E-state index in [1.54, 1.807) is 30.1 Å². The zero-order valence-corrected chi connectivity index (χ0v) is 11.9. The molecule has 94 valence electrons. The van der Waals surface area contributed by atoms with Crippen LogP contribution in [0.5, 0.6) is 0 Å². The highest BCUT2D eigenvalue weighted by molar-refractivity contribution is 8.00. The molecule has 1 aromatic carbocycles. The number of hydrogen-bond donors (Lipinski definition) is 1. The second-order valence-electron chi connectivity index (χ2n) is 3.78. The van der Waals surface area contributed by atoms with Crippen LogP contribution in [0.4, 0.5) is 0 Å². The second-order valence-corrected chi connectivity index (χ2v) is 5.86. The van der Waals surface area contributed by atoms with E-state index in [0.29, 0.717) is 0 Å². The van der Waals surface area contributed by atoms with Crippen LogP contribution < -0.4 is 5.32 Å². The average Bonchev–Trinajstić information content (AvgIpc) is 2.81. The highest BCUT2D eigenvalue weighted by Crippen LogP contribution is 2.27. The van der Waals surface area contributed by atoms with Gasteiger partial charge in [-0.05, 0) is 18.6 Å². The molecule has 0 bridgehead atoms. The molecule has 1 N–H and O–H groups in total. The van der Waals surface area contributed by atoms with E-state index in [-0.39, 0.29) is 5.91 Å². The van der Waals surface area contributed by atoms with E-state index in [2.05, 4.69) is 10.3 Å². The molecule has 0 radical (unpaired) electrons. The fourth-order valence-electron chi connectivity index (χ4n) is 1.54. The number of hydrogen-bond acceptors (Lipinski definition) is 4. The van der Waals surface area contributed by atoms with Crippen LogP contribution in [0, 0.1) is 6.92 Å². The monoisotopic (exact) mass is 278 g/mol. The van der Waals surface area contributed by atoms with Crippen molar-refractivity contribution in [2.75, 3.05) is 7.05 Å². The van der Waals surface area contributed by atoms with E-state index in [4.69, 9.17) is 0 Å². The fraction of sp³-hybridized carbons (Fsp3) is 0.231. The minimum atomic E-state index is -0.0403. The Labute approximate surface area is 115 Å². The molecule has 0 fully saturated rings. The van der Waals surface area contributed by atoms with Crippen LogP contribution in [0.1, 0.15) is 21.6 Å². The lowest BCUT2D eigenvalue weighted by molar-refractivity contribution is 0.0962. The van der Waals surface area contributed by atoms with E-state index in [0.717, 1.165) is 26.9 Å². The lowest BCUT2D eigenvalue weighted by Crippen LogP contribution is -2.19. The molecular formula is C13H14N2OS2. The molecule has 0 spiro atoms. The van der Waals surface area contributed by atoms with Gasteiger partial charge in [-0.2, -0.15) is 0 Å². The lowest BCUT2D eigenvalue weighted by Gasteiger charge is -2.06. The van der Waals surface area contributed by atoms with Gasteiger partial charge in [0.15, 0.2) is 0 Å². The maximum absolute atomic E-state index is 11.7. The highest BCUT2D eigenvalue weighted by Gasteiger charge is 2.09. The standard InChI is InChI=1S/C13H14N2OS2/c1-9-7-17-13(15-9)18-8-10-5-3-4-6-11(10)12(16)14-2/h3-7H,8H2,1-2H3,(H,14,16). The Morgan fingerprint density at radius 2 is 2.22 bits per heavy atom. The number of nitrogens with one attached hydrogen (secondary N) is 1. The van der Waals surface area contributed by atoms with Crippen molar-refractivity contribution in [2.24, 2.45) is 0 Å². The molecule has 18 heavy (non-hydrogen) atoms. The number of carbonyl (C=O) groups excluding carboxylic acids is 1. The molecule has 0 aliphatic heterocycles. The summed E-state index contributed by atoms with van der Waals surface area (Å²) in [7, 11) is 1.65. The van der Waals surface area contributed by atoms with Crippen LogP contribution in [0.3, 0.4) is 0 Å². The van der Waals surface area contributed by atoms with Gasteiger partial charge in [0.05, 0.1) is 0 Å². The van der Waals surface area contributed by atoms with Crippen molar-refractivity contribution in [2.45, 2.75) is 17.0 Å². The summed E-state index contributed by atoms with van der Waals surface area (Å²) in [5.74, 6) is 0.720. The molecule has 0 aliphatic rings. The molecular weight excluding hydrogens is 264 g/mol. The first-order chi connectivity index (χ1) is 8.70. The van der Waals surface area contributed by atoms with Crippen LogP contribution >= 0.6 is 23.1 Å². The molecule has 3 nitrogen and oxygen atoms in total. The van der Waals surface area contributed by atoms with E-state index in [1.165, 1.54) is 0 Å². The number of carbonyl (C=O) groups is 1. The molecule has 1 aromatic heterocycles. The Hall–Kier alpha value is -1.33. The van der Waals surface area contributed by atoms with Gasteiger partial charge in [0, 0.05) is 29.4 Å². The van der Waals surface area contributed by atoms with Crippen LogP contribution in [-0.4, -0.2) is 17.9 Å². The number of aromatic nitrogens is 1. The number of thiazole rings is 1. The number of thioether (sulfide) groups is 1. The third-order valence-corrected chi connectivity index (χ3v) is 4.63. The molecule has 0 saturated carbocycles. The minimum absolute atomic E-state index is 0.0403. The smallest absolute Gasteiger partial charge is 0.251 e. The van der Waals surface area contributed by atoms with Gasteiger partial charge in [0.25, 0.3) is 5.91 Å². The number of aryl methyl sites for hydroxylation is 1. The van der Waals surface area contributed by atoms with Crippen LogP contribution in [-0.2, 0) is 5.75 Å². The Morgan fingerprint density at radius 1 is 1.44 bits per heavy atom. The summed E-state index contributed by atoms with van der Waals surface area (Å²) in [6.07, 6.45) is 0. The van der Waals surface area contributed by atoms with Crippen molar-refractivity contribution in [1.82, 2.24) is 10.3 Å². The third kappa shape index (κ3) is 3.11. The number of nitrogens with zero attached hydrogens (tertiary/aromatic N) is 1. The Balaban J connectivity index is 2.11. The predicted molar refractivity (Wildman–Crippen MR) is 76.2 cm³/mol. The van der Waals surface area contributed by atoms with Crippen LogP contribution in [0.15, 0.2) is 34.0 Å². The zero-order chi connectivity index (χ0) is 13.0. The molecule has 1 amide bonds. The first-order valence-electron chi connectivity index (χ1n) is 5.55. The van der Waals surface area contributed by atoms with Crippen molar-refractivity contribution in [1.29, 1.82) is 0 Å². The topological polar surface area (TPSA) is 42.0 Å². The number of benzene rings is 1. The molecule has 0 saturated heterocycles. The van der Waals surface area contributed by atoms with E-state index in [9.17, 15) is 4.79 Å². The number of rotatable bonds is 4. The Bertz CT molecular complexity index is 551. The van der Waals surface area contributed by atoms with Gasteiger partial charge in [-0.15, -0.1) is 11.3 Å². The van der Waals surface area contributed by atoms with E-state index < -0.39 is 0 Å². The van der Waals surface area contributed by atoms with Gasteiger partial charge >= 0.3 is 0 Å². The molecule has 5 heteroatoms. The number of amides is 1. The maximum atomic E-state index is 11.7. The minimum Gasteiger partial charge on any atom is -0.355 e. The zero-order valence-electron chi connectivity index (χ0n) is 10.3. The van der Waals surface area contributed by atoms with Gasteiger partial charge in [0.1, 0.15) is 4.34 Å². The largest absolute Gasteiger partial charge is 0.355 e. The Kier molecular flexibility index (Phi) is 4.38. The van der Waals surface area contributed by atoms with Gasteiger partial charge in [-0.3, -0.25) is 4.79 Å². The summed E-state index contributed by atoms with van der Waals surface area (Å²) < 4.78 is 1.04. The first kappa shape index (κ1) is 13.1. The third-order valence-electron chi connectivity index (χ3n) is 2.44. The summed E-state index contributed by atoms with van der Waals surface area (Å²) in [6.45, 7) is 1.99. The molecule has 0 unspecified atom stereocenters. The summed E-state index contributed by atoms with van der Waals surface area (Å²) in [4.78, 5) is 16.1. The summed E-state index contributed by atoms with van der Waals surface area (Å²) in [5.41, 5.74) is 2.82. The molecule has 2 rings (SSSR count). The van der Waals surface area contributed by atoms with E-state index in [1.807, 2.05) is 36.6 Å². The average molecular weight is 278 g/mol. The van der Waals surface area contributed by atoms with Crippen molar-refractivity contribution >= 4 is 29.0 Å². The van der Waals surface area contributed by atoms with Gasteiger partial charge < -0.3 is 5.32 Å². The normalized spacial score (nSPS) is 10.3. The molecule has 0 atom stereocenters. The van der Waals surface area contributed by atoms with Crippen molar-refractivity contribution in [3.8, 4) is 0 Å². The van der Waals surface area contributed by atoms with E-state index >= 15 is 0 Å². The van der Waals surface area contributed by atoms with Gasteiger partial charge in [-0.1, -0.05) is 30.0 Å². The van der Waals surface area contributed by atoms with Gasteiger partial charge in [0.2, 0.25) is 0 Å². The second kappa shape index (κ2) is 6.02. The van der Waals surface area contributed by atoms with Crippen LogP contribution in [0.2, 0.25) is 0 Å². The lowest BCUT2D eigenvalue weighted by atomic mass is 10.1. The Morgan fingerprint density at radius 3 is 2.89 bits per heavy atom. The van der Waals surface area contributed by atoms with Crippen molar-refractivity contribution in [3.05, 3.63) is 46.5 Å². The summed E-state index contributed by atoms with van der Waals surface area (Å²) >= 11 is 3.30.